The van der Waals surface area contributed by atoms with Crippen molar-refractivity contribution in [2.45, 2.75) is 50.2 Å². The van der Waals surface area contributed by atoms with Crippen LogP contribution in [0, 0.1) is 0 Å². The lowest BCUT2D eigenvalue weighted by molar-refractivity contribution is -0.164. The largest absolute Gasteiger partial charge is 0.431 e. The van der Waals surface area contributed by atoms with Gasteiger partial charge in [-0.2, -0.15) is 26.0 Å². The minimum atomic E-state index is -6.09. The zero-order valence-electron chi connectivity index (χ0n) is 9.43. The Kier molecular flexibility index (Phi) is 7.25. The van der Waals surface area contributed by atoms with E-state index in [-0.39, 0.29) is 12.6 Å². The Morgan fingerprint density at radius 3 is 1.88 bits per heavy atom. The summed E-state index contributed by atoms with van der Waals surface area (Å²) in [5.74, 6) is -4.74. The molecule has 0 aliphatic rings. The van der Waals surface area contributed by atoms with Crippen LogP contribution in [0.5, 0.6) is 0 Å². The van der Waals surface area contributed by atoms with E-state index in [1.54, 1.807) is 0 Å². The highest BCUT2D eigenvalue weighted by atomic mass is 32.2. The maximum atomic E-state index is 12.8. The first-order valence-corrected chi connectivity index (χ1v) is 6.23. The highest BCUT2D eigenvalue weighted by molar-refractivity contribution is 7.87. The van der Waals surface area contributed by atoms with Gasteiger partial charge in [0, 0.05) is 6.42 Å². The lowest BCUT2D eigenvalue weighted by Gasteiger charge is -2.23. The average Bonchev–Trinajstić information content (AvgIpc) is 2.10. The second kappa shape index (κ2) is 6.50. The van der Waals surface area contributed by atoms with Crippen LogP contribution in [-0.2, 0) is 10.1 Å². The molecule has 0 fully saturated rings. The van der Waals surface area contributed by atoms with Crippen molar-refractivity contribution in [3.8, 4) is 0 Å². The molecule has 0 saturated carbocycles. The van der Waals surface area contributed by atoms with Gasteiger partial charge in [0.1, 0.15) is 0 Å². The first-order chi connectivity index (χ1) is 7.06. The number of unbranched alkanes of at least 4 members (excludes halogenated alkanes) is 3. The van der Waals surface area contributed by atoms with Gasteiger partial charge in [0.15, 0.2) is 0 Å². The zero-order chi connectivity index (χ0) is 13.0. The Morgan fingerprint density at radius 1 is 1.06 bits per heavy atom. The summed E-state index contributed by atoms with van der Waals surface area (Å²) in [6, 6.07) is 0. The third kappa shape index (κ3) is 4.76. The van der Waals surface area contributed by atoms with Crippen molar-refractivity contribution in [2.75, 3.05) is 0 Å². The summed E-state index contributed by atoms with van der Waals surface area (Å²) < 4.78 is 79.2. The van der Waals surface area contributed by atoms with Gasteiger partial charge in [-0.3, -0.25) is 4.55 Å². The lowest BCUT2D eigenvalue weighted by Crippen LogP contribution is -2.46. The number of hydrogen-bond acceptors (Lipinski definition) is 3. The van der Waals surface area contributed by atoms with Crippen LogP contribution >= 0.6 is 0 Å². The molecule has 9 heteroatoms. The lowest BCUT2D eigenvalue weighted by atomic mass is 10.1. The molecule has 0 saturated heterocycles. The Bertz CT molecular complexity index is 319. The summed E-state index contributed by atoms with van der Waals surface area (Å²) >= 11 is 0. The molecule has 0 aliphatic heterocycles. The van der Waals surface area contributed by atoms with Gasteiger partial charge >= 0.3 is 21.3 Å². The molecule has 0 unspecified atom stereocenters. The molecule has 0 aliphatic carbocycles. The number of alkyl halides is 4. The Morgan fingerprint density at radius 2 is 1.53 bits per heavy atom. The van der Waals surface area contributed by atoms with Gasteiger partial charge in [0.25, 0.3) is 0 Å². The fourth-order valence-corrected chi connectivity index (χ4v) is 1.59. The molecule has 0 rings (SSSR count). The van der Waals surface area contributed by atoms with Crippen molar-refractivity contribution in [3.63, 3.8) is 0 Å². The van der Waals surface area contributed by atoms with Crippen molar-refractivity contribution in [1.29, 1.82) is 0 Å². The summed E-state index contributed by atoms with van der Waals surface area (Å²) in [7, 11) is -6.09. The molecule has 0 radical (unpaired) electrons. The van der Waals surface area contributed by atoms with Gasteiger partial charge in [-0.15, -0.1) is 0 Å². The van der Waals surface area contributed by atoms with Crippen LogP contribution in [0.2, 0.25) is 0 Å². The monoisotopic (exact) mass is 283 g/mol. The molecule has 0 aromatic heterocycles. The predicted molar refractivity (Wildman–Crippen MR) is 55.2 cm³/mol. The van der Waals surface area contributed by atoms with Gasteiger partial charge in [0.05, 0.1) is 0 Å². The smallest absolute Gasteiger partial charge is 0.344 e. The summed E-state index contributed by atoms with van der Waals surface area (Å²) in [6.07, 6.45) is 0.174. The molecule has 17 heavy (non-hydrogen) atoms. The number of rotatable bonds is 7. The van der Waals surface area contributed by atoms with E-state index in [0.29, 0.717) is 12.8 Å². The molecule has 106 valence electrons. The second-order valence-corrected chi connectivity index (χ2v) is 4.97. The normalized spacial score (nSPS) is 13.3. The Hall–Kier alpha value is -0.410. The van der Waals surface area contributed by atoms with E-state index in [2.05, 4.69) is 0 Å². The van der Waals surface area contributed by atoms with E-state index in [1.165, 1.54) is 0 Å². The SMILES string of the molecule is CCCCCCC(F)(F)C(F)(F)S(=O)(=O)O.N. The van der Waals surface area contributed by atoms with Crippen LogP contribution in [-0.4, -0.2) is 24.1 Å². The molecule has 0 atom stereocenters. The van der Waals surface area contributed by atoms with Gasteiger partial charge < -0.3 is 6.15 Å². The van der Waals surface area contributed by atoms with Crippen LogP contribution in [0.3, 0.4) is 0 Å². The van der Waals surface area contributed by atoms with Crippen molar-refractivity contribution in [2.24, 2.45) is 0 Å². The maximum absolute atomic E-state index is 12.8. The van der Waals surface area contributed by atoms with E-state index in [9.17, 15) is 26.0 Å². The highest BCUT2D eigenvalue weighted by Crippen LogP contribution is 2.41. The first-order valence-electron chi connectivity index (χ1n) is 4.79. The first kappa shape index (κ1) is 18.9. The molecular formula is C8H17F4NO3S. The molecule has 0 bridgehead atoms. The van der Waals surface area contributed by atoms with Crippen LogP contribution in [0.15, 0.2) is 0 Å². The van der Waals surface area contributed by atoms with Crippen LogP contribution in [0.4, 0.5) is 17.6 Å². The zero-order valence-corrected chi connectivity index (χ0v) is 10.2. The van der Waals surface area contributed by atoms with Gasteiger partial charge in [-0.1, -0.05) is 26.2 Å². The van der Waals surface area contributed by atoms with Gasteiger partial charge in [-0.05, 0) is 6.42 Å². The number of hydrogen-bond donors (Lipinski definition) is 2. The summed E-state index contributed by atoms with van der Waals surface area (Å²) in [6.45, 7) is 1.81. The predicted octanol–water partition coefficient (Wildman–Crippen LogP) is 3.23. The van der Waals surface area contributed by atoms with Gasteiger partial charge in [-0.25, -0.2) is 0 Å². The van der Waals surface area contributed by atoms with E-state index in [1.807, 2.05) is 6.92 Å². The van der Waals surface area contributed by atoms with Crippen LogP contribution in [0.25, 0.3) is 0 Å². The molecule has 0 aromatic rings. The minimum absolute atomic E-state index is 0. The van der Waals surface area contributed by atoms with Crippen molar-refractivity contribution in [1.82, 2.24) is 6.15 Å². The Balaban J connectivity index is 0. The van der Waals surface area contributed by atoms with E-state index in [4.69, 9.17) is 4.55 Å². The molecule has 4 N–H and O–H groups in total. The van der Waals surface area contributed by atoms with Crippen molar-refractivity contribution >= 4 is 10.1 Å². The second-order valence-electron chi connectivity index (χ2n) is 3.51. The minimum Gasteiger partial charge on any atom is -0.344 e. The summed E-state index contributed by atoms with van der Waals surface area (Å²) in [5.41, 5.74) is 0. The molecule has 0 amide bonds. The van der Waals surface area contributed by atoms with Crippen LogP contribution < -0.4 is 6.15 Å². The summed E-state index contributed by atoms with van der Waals surface area (Å²) in [4.78, 5) is 0. The summed E-state index contributed by atoms with van der Waals surface area (Å²) in [5, 5.41) is -5.42. The molecular weight excluding hydrogens is 266 g/mol. The van der Waals surface area contributed by atoms with E-state index >= 15 is 0 Å². The maximum Gasteiger partial charge on any atom is 0.431 e. The average molecular weight is 283 g/mol. The quantitative estimate of drug-likeness (QED) is 0.426. The number of halogens is 4. The van der Waals surface area contributed by atoms with Crippen molar-refractivity contribution in [3.05, 3.63) is 0 Å². The third-order valence-corrected chi connectivity index (χ3v) is 3.04. The third-order valence-electron chi connectivity index (χ3n) is 2.09. The highest BCUT2D eigenvalue weighted by Gasteiger charge is 2.64. The standard InChI is InChI=1S/C8H14F4O3S.H3N/c1-2-3-4-5-6-7(9,10)8(11,12)16(13,14)15;/h2-6H2,1H3,(H,13,14,15);1H3. The fourth-order valence-electron chi connectivity index (χ4n) is 1.11. The molecule has 0 aromatic carbocycles. The molecule has 4 nitrogen and oxygen atoms in total. The Labute approximate surface area is 97.7 Å². The fraction of sp³-hybridized carbons (Fsp3) is 1.00. The van der Waals surface area contributed by atoms with Crippen LogP contribution in [0.1, 0.15) is 39.0 Å². The van der Waals surface area contributed by atoms with E-state index < -0.39 is 27.7 Å². The van der Waals surface area contributed by atoms with Crippen molar-refractivity contribution < 1.29 is 30.5 Å². The van der Waals surface area contributed by atoms with Gasteiger partial charge in [0.2, 0.25) is 0 Å². The molecule has 0 heterocycles. The topological polar surface area (TPSA) is 89.4 Å². The molecule has 0 spiro atoms. The van der Waals surface area contributed by atoms with E-state index in [0.717, 1.165) is 6.42 Å².